The van der Waals surface area contributed by atoms with E-state index in [0.717, 1.165) is 22.0 Å². The summed E-state index contributed by atoms with van der Waals surface area (Å²) >= 11 is 0. The Hall–Kier alpha value is -4.06. The Morgan fingerprint density at radius 2 is 1.45 bits per heavy atom. The number of carbonyl (C=O) groups excluding carboxylic acids is 1. The number of ether oxygens (including phenoxy) is 1. The highest BCUT2D eigenvalue weighted by Gasteiger charge is 2.16. The quantitative estimate of drug-likeness (QED) is 0.317. The minimum atomic E-state index is -0.540. The molecule has 3 aromatic carbocycles. The number of nitrogens with zero attached hydrogens (tertiary/aromatic N) is 3. The molecule has 0 aliphatic carbocycles. The van der Waals surface area contributed by atoms with Crippen LogP contribution < -0.4 is 5.43 Å². The Morgan fingerprint density at radius 3 is 2.14 bits per heavy atom. The molecule has 0 fully saturated rings. The molecule has 0 saturated carbocycles. The van der Waals surface area contributed by atoms with Gasteiger partial charge in [0, 0.05) is 21.9 Å². The molecule has 0 saturated heterocycles. The van der Waals surface area contributed by atoms with Gasteiger partial charge >= 0.3 is 5.97 Å². The average Bonchev–Trinajstić information content (AvgIpc) is 2.80. The van der Waals surface area contributed by atoms with Gasteiger partial charge in [0.25, 0.3) is 0 Å². The summed E-state index contributed by atoms with van der Waals surface area (Å²) in [7, 11) is 1.32. The zero-order valence-electron chi connectivity index (χ0n) is 15.7. The molecule has 29 heavy (non-hydrogen) atoms. The Labute approximate surface area is 167 Å². The third-order valence-electron chi connectivity index (χ3n) is 4.43. The molecule has 0 unspecified atom stereocenters. The summed E-state index contributed by atoms with van der Waals surface area (Å²) in [5.41, 5.74) is 5.46. The molecule has 0 bridgehead atoms. The average molecular weight is 382 g/mol. The van der Waals surface area contributed by atoms with Crippen LogP contribution in [0.4, 0.5) is 5.82 Å². The summed E-state index contributed by atoms with van der Waals surface area (Å²) in [6.45, 7) is 0. The van der Waals surface area contributed by atoms with E-state index in [0.29, 0.717) is 11.4 Å². The van der Waals surface area contributed by atoms with Gasteiger partial charge < -0.3 is 4.74 Å². The highest BCUT2D eigenvalue weighted by molar-refractivity contribution is 6.43. The molecule has 1 N–H and O–H groups in total. The second-order valence-corrected chi connectivity index (χ2v) is 6.24. The van der Waals surface area contributed by atoms with Gasteiger partial charge in [0.1, 0.15) is 5.69 Å². The lowest BCUT2D eigenvalue weighted by molar-refractivity contribution is -0.132. The van der Waals surface area contributed by atoms with Gasteiger partial charge in [0.15, 0.2) is 11.5 Å². The zero-order chi connectivity index (χ0) is 20.1. The van der Waals surface area contributed by atoms with Gasteiger partial charge in [0.05, 0.1) is 7.11 Å². The minimum absolute atomic E-state index is 0.158. The number of nitrogens with one attached hydrogen (secondary N) is 1. The molecule has 0 aliphatic rings. The summed E-state index contributed by atoms with van der Waals surface area (Å²) in [5.74, 6) is -0.0838. The number of hydrazone groups is 1. The number of hydrogen-bond acceptors (Lipinski definition) is 6. The molecule has 142 valence electrons. The van der Waals surface area contributed by atoms with Crippen LogP contribution in [-0.2, 0) is 9.53 Å². The monoisotopic (exact) mass is 382 g/mol. The molecule has 6 heteroatoms. The zero-order valence-corrected chi connectivity index (χ0v) is 15.7. The van der Waals surface area contributed by atoms with Gasteiger partial charge in [-0.25, -0.2) is 4.79 Å². The first-order valence-electron chi connectivity index (χ1n) is 9.06. The van der Waals surface area contributed by atoms with Crippen molar-refractivity contribution in [2.24, 2.45) is 5.10 Å². The lowest BCUT2D eigenvalue weighted by Gasteiger charge is -2.10. The van der Waals surface area contributed by atoms with Gasteiger partial charge in [-0.1, -0.05) is 84.9 Å². The number of carbonyl (C=O) groups is 1. The molecule has 6 nitrogen and oxygen atoms in total. The molecule has 0 atom stereocenters. The number of methoxy groups -OCH3 is 1. The Balaban J connectivity index is 1.77. The Morgan fingerprint density at radius 1 is 0.828 bits per heavy atom. The van der Waals surface area contributed by atoms with Crippen LogP contribution in [0.2, 0.25) is 0 Å². The van der Waals surface area contributed by atoms with E-state index in [1.165, 1.54) is 7.11 Å². The number of anilines is 1. The molecule has 0 amide bonds. The fraction of sp³-hybridized carbons (Fsp3) is 0.0435. The molecule has 0 aliphatic heterocycles. The first-order valence-corrected chi connectivity index (χ1v) is 9.06. The van der Waals surface area contributed by atoms with Crippen molar-refractivity contribution in [2.45, 2.75) is 0 Å². The van der Waals surface area contributed by atoms with Gasteiger partial charge in [-0.05, 0) is 0 Å². The van der Waals surface area contributed by atoms with Crippen LogP contribution in [-0.4, -0.2) is 29.0 Å². The largest absolute Gasteiger partial charge is 0.464 e. The van der Waals surface area contributed by atoms with Crippen molar-refractivity contribution in [3.05, 3.63) is 90.5 Å². The van der Waals surface area contributed by atoms with E-state index in [9.17, 15) is 4.79 Å². The molecule has 4 aromatic rings. The number of aromatic nitrogens is 2. The summed E-state index contributed by atoms with van der Waals surface area (Å²) < 4.78 is 4.87. The van der Waals surface area contributed by atoms with Crippen LogP contribution in [0.3, 0.4) is 0 Å². The molecule has 0 spiro atoms. The fourth-order valence-electron chi connectivity index (χ4n) is 3.03. The Kier molecular flexibility index (Phi) is 5.25. The summed E-state index contributed by atoms with van der Waals surface area (Å²) in [6, 6.07) is 26.8. The topological polar surface area (TPSA) is 76.5 Å². The number of fused-ring (bicyclic) bond motifs is 1. The van der Waals surface area contributed by atoms with Crippen LogP contribution >= 0.6 is 0 Å². The van der Waals surface area contributed by atoms with E-state index >= 15 is 0 Å². The standard InChI is InChI=1S/C23H18N4O2/c1-29-23(28)21(17-12-6-3-7-13-17)25-27-22-19-15-9-8-14-18(19)20(24-26-22)16-10-4-2-5-11-16/h2-15H,1H3,(H,26,27)/b25-21-. The van der Waals surface area contributed by atoms with Crippen molar-refractivity contribution >= 4 is 28.3 Å². The number of esters is 1. The van der Waals surface area contributed by atoms with Crippen LogP contribution in [0.1, 0.15) is 5.56 Å². The van der Waals surface area contributed by atoms with Crippen molar-refractivity contribution in [1.82, 2.24) is 10.2 Å². The van der Waals surface area contributed by atoms with Crippen molar-refractivity contribution in [2.75, 3.05) is 12.5 Å². The van der Waals surface area contributed by atoms with Crippen LogP contribution in [0.15, 0.2) is 90.0 Å². The lowest BCUT2D eigenvalue weighted by Crippen LogP contribution is -2.19. The van der Waals surface area contributed by atoms with Gasteiger partial charge in [-0.3, -0.25) is 5.43 Å². The van der Waals surface area contributed by atoms with Crippen molar-refractivity contribution in [1.29, 1.82) is 0 Å². The predicted octanol–water partition coefficient (Wildman–Crippen LogP) is 4.29. The summed E-state index contributed by atoms with van der Waals surface area (Å²) in [6.07, 6.45) is 0. The second kappa shape index (κ2) is 8.31. The normalized spacial score (nSPS) is 11.3. The highest BCUT2D eigenvalue weighted by atomic mass is 16.5. The van der Waals surface area contributed by atoms with Crippen molar-refractivity contribution in [3.8, 4) is 11.3 Å². The highest BCUT2D eigenvalue weighted by Crippen LogP contribution is 2.29. The third kappa shape index (κ3) is 3.82. The molecular weight excluding hydrogens is 364 g/mol. The van der Waals surface area contributed by atoms with Gasteiger partial charge in [0.2, 0.25) is 0 Å². The van der Waals surface area contributed by atoms with E-state index in [4.69, 9.17) is 4.74 Å². The fourth-order valence-corrected chi connectivity index (χ4v) is 3.03. The van der Waals surface area contributed by atoms with E-state index in [2.05, 4.69) is 20.7 Å². The predicted molar refractivity (Wildman–Crippen MR) is 114 cm³/mol. The third-order valence-corrected chi connectivity index (χ3v) is 4.43. The van der Waals surface area contributed by atoms with E-state index < -0.39 is 5.97 Å². The number of hydrogen-bond donors (Lipinski definition) is 1. The first kappa shape index (κ1) is 18.3. The van der Waals surface area contributed by atoms with Crippen LogP contribution in [0.25, 0.3) is 22.0 Å². The number of benzene rings is 3. The summed E-state index contributed by atoms with van der Waals surface area (Å²) in [5, 5.41) is 14.8. The van der Waals surface area contributed by atoms with Gasteiger partial charge in [-0.15, -0.1) is 10.2 Å². The molecule has 4 rings (SSSR count). The van der Waals surface area contributed by atoms with Crippen LogP contribution in [0, 0.1) is 0 Å². The van der Waals surface area contributed by atoms with Gasteiger partial charge in [-0.2, -0.15) is 5.10 Å². The molecular formula is C23H18N4O2. The number of rotatable bonds is 5. The maximum atomic E-state index is 12.2. The smallest absolute Gasteiger partial charge is 0.359 e. The first-order chi connectivity index (χ1) is 14.3. The molecule has 1 heterocycles. The SMILES string of the molecule is COC(=O)/C(=N\Nc1nnc(-c2ccccc2)c2ccccc12)c1ccccc1. The van der Waals surface area contributed by atoms with E-state index in [1.807, 2.05) is 72.8 Å². The van der Waals surface area contributed by atoms with Crippen molar-refractivity contribution < 1.29 is 9.53 Å². The maximum Gasteiger partial charge on any atom is 0.359 e. The van der Waals surface area contributed by atoms with E-state index in [1.54, 1.807) is 12.1 Å². The lowest BCUT2D eigenvalue weighted by atomic mass is 10.0. The molecule has 1 aromatic heterocycles. The maximum absolute atomic E-state index is 12.2. The second-order valence-electron chi connectivity index (χ2n) is 6.24. The van der Waals surface area contributed by atoms with Crippen molar-refractivity contribution in [3.63, 3.8) is 0 Å². The van der Waals surface area contributed by atoms with Crippen LogP contribution in [0.5, 0.6) is 0 Å². The summed E-state index contributed by atoms with van der Waals surface area (Å²) in [4.78, 5) is 12.2. The van der Waals surface area contributed by atoms with E-state index in [-0.39, 0.29) is 5.71 Å². The minimum Gasteiger partial charge on any atom is -0.464 e. The Bertz CT molecular complexity index is 1180. The molecule has 0 radical (unpaired) electrons.